The lowest BCUT2D eigenvalue weighted by Crippen LogP contribution is -2.27. The van der Waals surface area contributed by atoms with E-state index in [0.717, 1.165) is 0 Å². The number of hydrogen-bond donors (Lipinski definition) is 1. The molecule has 3 rings (SSSR count). The van der Waals surface area contributed by atoms with E-state index in [0.29, 0.717) is 22.3 Å². The molecule has 6 heteroatoms. The van der Waals surface area contributed by atoms with Crippen LogP contribution in [0.3, 0.4) is 0 Å². The molecule has 0 aliphatic heterocycles. The molecule has 1 aromatic heterocycles. The number of benzene rings is 2. The molecule has 116 valence electrons. The Hall–Kier alpha value is -3.15. The number of rotatable bonds is 4. The fraction of sp³-hybridized carbons (Fsp3) is 0.118. The molecule has 0 aliphatic carbocycles. The maximum absolute atomic E-state index is 12.3. The molecule has 0 unspecified atom stereocenters. The van der Waals surface area contributed by atoms with Crippen LogP contribution in [0.2, 0.25) is 0 Å². The number of aromatic nitrogens is 2. The number of carbonyl (C=O) groups excluding carboxylic acids is 1. The third kappa shape index (κ3) is 3.21. The maximum atomic E-state index is 12.3. The molecule has 1 N–H and O–H groups in total. The first-order valence-corrected chi connectivity index (χ1v) is 7.05. The van der Waals surface area contributed by atoms with Crippen LogP contribution in [0.4, 0.5) is 5.69 Å². The molecule has 0 spiro atoms. The van der Waals surface area contributed by atoms with Crippen LogP contribution in [0.5, 0.6) is 5.75 Å². The third-order valence-electron chi connectivity index (χ3n) is 3.40. The number of amides is 1. The van der Waals surface area contributed by atoms with E-state index in [9.17, 15) is 9.59 Å². The van der Waals surface area contributed by atoms with Crippen LogP contribution in [-0.2, 0) is 11.3 Å². The van der Waals surface area contributed by atoms with Crippen molar-refractivity contribution in [2.75, 3.05) is 12.4 Å². The lowest BCUT2D eigenvalue weighted by atomic mass is 10.2. The SMILES string of the molecule is COc1cccc(NC(=O)Cn2cnc3ccccc3c2=O)c1. The number of fused-ring (bicyclic) bond motifs is 1. The highest BCUT2D eigenvalue weighted by Gasteiger charge is 2.08. The lowest BCUT2D eigenvalue weighted by Gasteiger charge is -2.09. The van der Waals surface area contributed by atoms with E-state index in [1.165, 1.54) is 10.9 Å². The largest absolute Gasteiger partial charge is 0.497 e. The summed E-state index contributed by atoms with van der Waals surface area (Å²) in [4.78, 5) is 28.7. The van der Waals surface area contributed by atoms with Crippen molar-refractivity contribution < 1.29 is 9.53 Å². The number of para-hydroxylation sites is 1. The van der Waals surface area contributed by atoms with Crippen LogP contribution >= 0.6 is 0 Å². The quantitative estimate of drug-likeness (QED) is 0.800. The molecule has 1 heterocycles. The van der Waals surface area contributed by atoms with E-state index < -0.39 is 0 Å². The van der Waals surface area contributed by atoms with E-state index in [4.69, 9.17) is 4.74 Å². The molecule has 0 aliphatic rings. The molecule has 6 nitrogen and oxygen atoms in total. The van der Waals surface area contributed by atoms with Crippen LogP contribution in [0, 0.1) is 0 Å². The van der Waals surface area contributed by atoms with Crippen molar-refractivity contribution in [3.05, 3.63) is 65.2 Å². The number of ether oxygens (including phenoxy) is 1. The van der Waals surface area contributed by atoms with Gasteiger partial charge < -0.3 is 10.1 Å². The molecule has 0 bridgehead atoms. The van der Waals surface area contributed by atoms with Crippen molar-refractivity contribution >= 4 is 22.5 Å². The number of hydrogen-bond acceptors (Lipinski definition) is 4. The molecular formula is C17H15N3O3. The Morgan fingerprint density at radius 1 is 1.22 bits per heavy atom. The van der Waals surface area contributed by atoms with Gasteiger partial charge >= 0.3 is 0 Å². The normalized spacial score (nSPS) is 10.5. The lowest BCUT2D eigenvalue weighted by molar-refractivity contribution is -0.116. The van der Waals surface area contributed by atoms with Gasteiger partial charge in [0.05, 0.1) is 24.3 Å². The van der Waals surface area contributed by atoms with Crippen molar-refractivity contribution in [2.45, 2.75) is 6.54 Å². The molecule has 3 aromatic rings. The summed E-state index contributed by atoms with van der Waals surface area (Å²) in [6.45, 7) is -0.103. The minimum atomic E-state index is -0.308. The average molecular weight is 309 g/mol. The smallest absolute Gasteiger partial charge is 0.261 e. The third-order valence-corrected chi connectivity index (χ3v) is 3.40. The Kier molecular flexibility index (Phi) is 4.05. The Bertz CT molecular complexity index is 918. The molecule has 0 atom stereocenters. The molecule has 2 aromatic carbocycles. The predicted octanol–water partition coefficient (Wildman–Crippen LogP) is 2.04. The van der Waals surface area contributed by atoms with E-state index in [2.05, 4.69) is 10.3 Å². The van der Waals surface area contributed by atoms with E-state index in [1.54, 1.807) is 49.6 Å². The van der Waals surface area contributed by atoms with Crippen LogP contribution in [0.1, 0.15) is 0 Å². The minimum absolute atomic E-state index is 0.103. The Balaban J connectivity index is 1.80. The summed E-state index contributed by atoms with van der Waals surface area (Å²) in [5.41, 5.74) is 0.981. The summed E-state index contributed by atoms with van der Waals surface area (Å²) >= 11 is 0. The molecule has 0 saturated carbocycles. The van der Waals surface area contributed by atoms with E-state index in [1.807, 2.05) is 6.07 Å². The molecular weight excluding hydrogens is 294 g/mol. The first-order valence-electron chi connectivity index (χ1n) is 7.05. The molecule has 23 heavy (non-hydrogen) atoms. The van der Waals surface area contributed by atoms with Crippen molar-refractivity contribution in [1.29, 1.82) is 0 Å². The molecule has 0 saturated heterocycles. The topological polar surface area (TPSA) is 73.2 Å². The summed E-state index contributed by atoms with van der Waals surface area (Å²) in [7, 11) is 1.56. The summed E-state index contributed by atoms with van der Waals surface area (Å²) < 4.78 is 6.40. The zero-order chi connectivity index (χ0) is 16.2. The maximum Gasteiger partial charge on any atom is 0.261 e. The summed E-state index contributed by atoms with van der Waals surface area (Å²) in [6.07, 6.45) is 1.38. The van der Waals surface area contributed by atoms with Gasteiger partial charge in [0.1, 0.15) is 12.3 Å². The van der Waals surface area contributed by atoms with Gasteiger partial charge in [-0.3, -0.25) is 14.2 Å². The highest BCUT2D eigenvalue weighted by molar-refractivity contribution is 5.91. The van der Waals surface area contributed by atoms with Gasteiger partial charge in [0.25, 0.3) is 5.56 Å². The van der Waals surface area contributed by atoms with Crippen molar-refractivity contribution in [1.82, 2.24) is 9.55 Å². The van der Waals surface area contributed by atoms with Crippen LogP contribution in [0.25, 0.3) is 10.9 Å². The Morgan fingerprint density at radius 3 is 2.87 bits per heavy atom. The summed E-state index contributed by atoms with van der Waals surface area (Å²) in [5, 5.41) is 3.22. The fourth-order valence-corrected chi connectivity index (χ4v) is 2.27. The number of anilines is 1. The van der Waals surface area contributed by atoms with Gasteiger partial charge in [-0.2, -0.15) is 0 Å². The van der Waals surface area contributed by atoms with Gasteiger partial charge in [-0.25, -0.2) is 4.98 Å². The zero-order valence-electron chi connectivity index (χ0n) is 12.5. The number of nitrogens with one attached hydrogen (secondary N) is 1. The second-order valence-corrected chi connectivity index (χ2v) is 4.97. The van der Waals surface area contributed by atoms with Gasteiger partial charge in [0.15, 0.2) is 0 Å². The number of methoxy groups -OCH3 is 1. The summed E-state index contributed by atoms with van der Waals surface area (Å²) in [5.74, 6) is 0.338. The van der Waals surface area contributed by atoms with Gasteiger partial charge in [-0.1, -0.05) is 18.2 Å². The van der Waals surface area contributed by atoms with Gasteiger partial charge in [-0.15, -0.1) is 0 Å². The first-order chi connectivity index (χ1) is 11.2. The number of carbonyl (C=O) groups is 1. The van der Waals surface area contributed by atoms with Crippen LogP contribution in [-0.4, -0.2) is 22.6 Å². The van der Waals surface area contributed by atoms with Crippen molar-refractivity contribution in [3.8, 4) is 5.75 Å². The Labute approximate surface area is 132 Å². The second kappa shape index (κ2) is 6.31. The predicted molar refractivity (Wildman–Crippen MR) is 87.6 cm³/mol. The highest BCUT2D eigenvalue weighted by Crippen LogP contribution is 2.16. The molecule has 1 amide bonds. The van der Waals surface area contributed by atoms with Crippen molar-refractivity contribution in [2.24, 2.45) is 0 Å². The monoisotopic (exact) mass is 309 g/mol. The highest BCUT2D eigenvalue weighted by atomic mass is 16.5. The molecule has 0 fully saturated rings. The fourth-order valence-electron chi connectivity index (χ4n) is 2.27. The van der Waals surface area contributed by atoms with E-state index in [-0.39, 0.29) is 18.0 Å². The van der Waals surface area contributed by atoms with Gasteiger partial charge in [0, 0.05) is 11.8 Å². The van der Waals surface area contributed by atoms with Gasteiger partial charge in [-0.05, 0) is 24.3 Å². The standard InChI is InChI=1S/C17H15N3O3/c1-23-13-6-4-5-12(9-13)19-16(21)10-20-11-18-15-8-3-2-7-14(15)17(20)22/h2-9,11H,10H2,1H3,(H,19,21). The van der Waals surface area contributed by atoms with Crippen LogP contribution in [0.15, 0.2) is 59.7 Å². The van der Waals surface area contributed by atoms with Crippen molar-refractivity contribution in [3.63, 3.8) is 0 Å². The first kappa shape index (κ1) is 14.8. The zero-order valence-corrected chi connectivity index (χ0v) is 12.5. The van der Waals surface area contributed by atoms with Crippen LogP contribution < -0.4 is 15.6 Å². The minimum Gasteiger partial charge on any atom is -0.497 e. The Morgan fingerprint density at radius 2 is 2.04 bits per heavy atom. The number of nitrogens with zero attached hydrogens (tertiary/aromatic N) is 2. The van der Waals surface area contributed by atoms with Gasteiger partial charge in [0.2, 0.25) is 5.91 Å². The average Bonchev–Trinajstić information content (AvgIpc) is 2.58. The molecule has 0 radical (unpaired) electrons. The summed E-state index contributed by atoms with van der Waals surface area (Å²) in [6, 6.07) is 14.1. The second-order valence-electron chi connectivity index (χ2n) is 4.97. The van der Waals surface area contributed by atoms with E-state index >= 15 is 0 Å².